The van der Waals surface area contributed by atoms with Crippen LogP contribution in [0.1, 0.15) is 12.5 Å². The molecule has 0 saturated carbocycles. The lowest BCUT2D eigenvalue weighted by molar-refractivity contribution is 0.409. The van der Waals surface area contributed by atoms with Gasteiger partial charge in [0.15, 0.2) is 5.75 Å². The second-order valence-electron chi connectivity index (χ2n) is 6.35. The van der Waals surface area contributed by atoms with Gasteiger partial charge in [0.05, 0.1) is 24.8 Å². The molecule has 0 atom stereocenters. The molecule has 0 bridgehead atoms. The zero-order chi connectivity index (χ0) is 21.7. The maximum atomic E-state index is 13.0. The Balaban J connectivity index is 1.94. The predicted octanol–water partition coefficient (Wildman–Crippen LogP) is 5.51. The van der Waals surface area contributed by atoms with Crippen molar-refractivity contribution in [3.63, 3.8) is 0 Å². The van der Waals surface area contributed by atoms with Crippen molar-refractivity contribution in [1.29, 1.82) is 0 Å². The van der Waals surface area contributed by atoms with Crippen molar-refractivity contribution in [2.45, 2.75) is 18.2 Å². The highest BCUT2D eigenvalue weighted by molar-refractivity contribution is 7.92. The number of anilines is 1. The van der Waals surface area contributed by atoms with E-state index in [4.69, 9.17) is 25.8 Å². The van der Waals surface area contributed by atoms with Crippen LogP contribution in [0.4, 0.5) is 5.69 Å². The molecule has 3 rings (SSSR count). The molecule has 8 heteroatoms. The van der Waals surface area contributed by atoms with Crippen LogP contribution in [-0.2, 0) is 16.4 Å². The minimum absolute atomic E-state index is 0.118. The van der Waals surface area contributed by atoms with Crippen LogP contribution in [0.2, 0.25) is 5.02 Å². The predicted molar refractivity (Wildman–Crippen MR) is 118 cm³/mol. The number of benzene rings is 3. The van der Waals surface area contributed by atoms with Crippen molar-refractivity contribution < 1.29 is 22.6 Å². The maximum absolute atomic E-state index is 13.0. The quantitative estimate of drug-likeness (QED) is 0.492. The molecular formula is C22H22ClNO5S. The zero-order valence-electron chi connectivity index (χ0n) is 16.8. The van der Waals surface area contributed by atoms with Gasteiger partial charge in [0.2, 0.25) is 0 Å². The second kappa shape index (κ2) is 9.28. The lowest BCUT2D eigenvalue weighted by Gasteiger charge is -2.15. The normalized spacial score (nSPS) is 11.1. The summed E-state index contributed by atoms with van der Waals surface area (Å²) in [6.07, 6.45) is 0.633. The van der Waals surface area contributed by atoms with Crippen LogP contribution in [0.5, 0.6) is 23.0 Å². The number of sulfonamides is 1. The van der Waals surface area contributed by atoms with Gasteiger partial charge in [-0.25, -0.2) is 8.42 Å². The van der Waals surface area contributed by atoms with Gasteiger partial charge in [-0.05, 0) is 60.5 Å². The van der Waals surface area contributed by atoms with Gasteiger partial charge < -0.3 is 14.2 Å². The van der Waals surface area contributed by atoms with Gasteiger partial charge in [-0.1, -0.05) is 24.6 Å². The minimum Gasteiger partial charge on any atom is -0.497 e. The Morgan fingerprint density at radius 3 is 2.33 bits per heavy atom. The molecule has 0 aliphatic rings. The second-order valence-corrected chi connectivity index (χ2v) is 8.47. The highest BCUT2D eigenvalue weighted by Gasteiger charge is 2.19. The van der Waals surface area contributed by atoms with Crippen molar-refractivity contribution in [1.82, 2.24) is 0 Å². The number of halogens is 1. The molecule has 158 valence electrons. The van der Waals surface area contributed by atoms with Gasteiger partial charge in [-0.3, -0.25) is 4.72 Å². The van der Waals surface area contributed by atoms with Gasteiger partial charge >= 0.3 is 0 Å². The number of hydrogen-bond donors (Lipinski definition) is 1. The maximum Gasteiger partial charge on any atom is 0.262 e. The van der Waals surface area contributed by atoms with Gasteiger partial charge in [0, 0.05) is 11.1 Å². The molecule has 6 nitrogen and oxygen atoms in total. The molecule has 0 spiro atoms. The Bertz CT molecular complexity index is 1150. The third-order valence-electron chi connectivity index (χ3n) is 4.40. The average molecular weight is 448 g/mol. The molecule has 0 aliphatic carbocycles. The van der Waals surface area contributed by atoms with Crippen molar-refractivity contribution in [2.75, 3.05) is 18.9 Å². The van der Waals surface area contributed by atoms with E-state index in [0.29, 0.717) is 34.4 Å². The Kier molecular flexibility index (Phi) is 6.74. The number of nitrogens with one attached hydrogen (secondary N) is 1. The van der Waals surface area contributed by atoms with Crippen LogP contribution < -0.4 is 18.9 Å². The monoisotopic (exact) mass is 447 g/mol. The van der Waals surface area contributed by atoms with Crippen molar-refractivity contribution in [3.8, 4) is 23.0 Å². The summed E-state index contributed by atoms with van der Waals surface area (Å²) in [6.45, 7) is 1.93. The fourth-order valence-electron chi connectivity index (χ4n) is 2.86. The van der Waals surface area contributed by atoms with Crippen molar-refractivity contribution >= 4 is 27.3 Å². The Morgan fingerprint density at radius 2 is 1.63 bits per heavy atom. The third-order valence-corrected chi connectivity index (χ3v) is 6.00. The number of methoxy groups -OCH3 is 2. The smallest absolute Gasteiger partial charge is 0.262 e. The Morgan fingerprint density at radius 1 is 0.900 bits per heavy atom. The summed E-state index contributed by atoms with van der Waals surface area (Å²) in [5.41, 5.74) is 1.01. The van der Waals surface area contributed by atoms with Gasteiger partial charge in [0.1, 0.15) is 17.2 Å². The molecule has 0 unspecified atom stereocenters. The van der Waals surface area contributed by atoms with E-state index in [9.17, 15) is 8.42 Å². The van der Waals surface area contributed by atoms with E-state index in [-0.39, 0.29) is 10.6 Å². The summed E-state index contributed by atoms with van der Waals surface area (Å²) >= 11 is 6.10. The third kappa shape index (κ3) is 4.98. The average Bonchev–Trinajstić information content (AvgIpc) is 2.75. The number of hydrogen-bond acceptors (Lipinski definition) is 5. The number of aryl methyl sites for hydroxylation is 1. The Hall–Kier alpha value is -2.90. The van der Waals surface area contributed by atoms with Crippen LogP contribution >= 0.6 is 11.6 Å². The topological polar surface area (TPSA) is 73.9 Å². The molecule has 30 heavy (non-hydrogen) atoms. The fourth-order valence-corrected chi connectivity index (χ4v) is 4.15. The largest absolute Gasteiger partial charge is 0.497 e. The standard InChI is InChI=1S/C22H22ClNO5S/c1-4-15-12-19(9-11-21(15)28-3)30(25,26)24-20-13-16(23)8-10-22(20)29-18-7-5-6-17(14-18)27-2/h5-14,24H,4H2,1-3H3. The minimum atomic E-state index is -3.88. The lowest BCUT2D eigenvalue weighted by Crippen LogP contribution is -2.14. The molecule has 3 aromatic rings. The molecular weight excluding hydrogens is 426 g/mol. The number of rotatable bonds is 8. The number of ether oxygens (including phenoxy) is 3. The van der Waals surface area contributed by atoms with E-state index in [0.717, 1.165) is 5.56 Å². The van der Waals surface area contributed by atoms with Gasteiger partial charge in [0.25, 0.3) is 10.0 Å². The van der Waals surface area contributed by atoms with E-state index in [1.165, 1.54) is 12.1 Å². The van der Waals surface area contributed by atoms with Crippen LogP contribution in [-0.4, -0.2) is 22.6 Å². The summed E-state index contributed by atoms with van der Waals surface area (Å²) in [7, 11) is -0.778. The van der Waals surface area contributed by atoms with Crippen molar-refractivity contribution in [2.24, 2.45) is 0 Å². The Labute approximate surface area is 181 Å². The molecule has 0 amide bonds. The summed E-state index contributed by atoms with van der Waals surface area (Å²) in [6, 6.07) is 16.4. The van der Waals surface area contributed by atoms with Gasteiger partial charge in [-0.2, -0.15) is 0 Å². The first-order chi connectivity index (χ1) is 14.4. The highest BCUT2D eigenvalue weighted by Crippen LogP contribution is 2.35. The molecule has 0 fully saturated rings. The van der Waals surface area contributed by atoms with Crippen LogP contribution in [0.25, 0.3) is 0 Å². The van der Waals surface area contributed by atoms with E-state index >= 15 is 0 Å². The summed E-state index contributed by atoms with van der Waals surface area (Å²) in [5.74, 6) is 2.06. The summed E-state index contributed by atoms with van der Waals surface area (Å²) in [5, 5.41) is 0.370. The van der Waals surface area contributed by atoms with Crippen LogP contribution in [0, 0.1) is 0 Å². The molecule has 0 heterocycles. The molecule has 3 aromatic carbocycles. The van der Waals surface area contributed by atoms with E-state index in [1.807, 2.05) is 6.92 Å². The molecule has 1 N–H and O–H groups in total. The zero-order valence-corrected chi connectivity index (χ0v) is 18.4. The van der Waals surface area contributed by atoms with E-state index in [2.05, 4.69) is 4.72 Å². The highest BCUT2D eigenvalue weighted by atomic mass is 35.5. The van der Waals surface area contributed by atoms with Crippen LogP contribution in [0.3, 0.4) is 0 Å². The van der Waals surface area contributed by atoms with Crippen molar-refractivity contribution in [3.05, 3.63) is 71.2 Å². The molecule has 0 aliphatic heterocycles. The fraction of sp³-hybridized carbons (Fsp3) is 0.182. The first kappa shape index (κ1) is 21.8. The van der Waals surface area contributed by atoms with E-state index < -0.39 is 10.0 Å². The molecule has 0 saturated heterocycles. The van der Waals surface area contributed by atoms with Crippen LogP contribution in [0.15, 0.2) is 65.6 Å². The molecule has 0 aromatic heterocycles. The van der Waals surface area contributed by atoms with E-state index in [1.54, 1.807) is 62.8 Å². The summed E-state index contributed by atoms with van der Waals surface area (Å²) in [4.78, 5) is 0.118. The first-order valence-electron chi connectivity index (χ1n) is 9.17. The lowest BCUT2D eigenvalue weighted by atomic mass is 10.1. The van der Waals surface area contributed by atoms with Gasteiger partial charge in [-0.15, -0.1) is 0 Å². The summed E-state index contributed by atoms with van der Waals surface area (Å²) < 4.78 is 45.0. The SMILES string of the molecule is CCc1cc(S(=O)(=O)Nc2cc(Cl)ccc2Oc2cccc(OC)c2)ccc1OC. The first-order valence-corrected chi connectivity index (χ1v) is 11.0. The molecule has 0 radical (unpaired) electrons.